The molecule has 2 aliphatic heterocycles. The molecule has 1 aromatic carbocycles. The summed E-state index contributed by atoms with van der Waals surface area (Å²) in [6.45, 7) is 5.00. The zero-order valence-electron chi connectivity index (χ0n) is 14.1. The topological polar surface area (TPSA) is 50.7 Å². The summed E-state index contributed by atoms with van der Waals surface area (Å²) in [6.07, 6.45) is 3.03. The van der Waals surface area contributed by atoms with Crippen LogP contribution < -0.4 is 5.32 Å². The Labute approximate surface area is 146 Å². The molecule has 0 saturated heterocycles. The molecular weight excluding hydrogens is 320 g/mol. The van der Waals surface area contributed by atoms with Crippen LogP contribution in [0.1, 0.15) is 39.5 Å². The van der Waals surface area contributed by atoms with Crippen LogP contribution in [0.2, 0.25) is 0 Å². The highest BCUT2D eigenvalue weighted by Crippen LogP contribution is 2.52. The monoisotopic (exact) mass is 342 g/mol. The summed E-state index contributed by atoms with van der Waals surface area (Å²) in [7, 11) is 0. The Morgan fingerprint density at radius 3 is 2.75 bits per heavy atom. The van der Waals surface area contributed by atoms with E-state index in [1.165, 1.54) is 0 Å². The maximum absolute atomic E-state index is 12.5. The smallest absolute Gasteiger partial charge is 0.167 e. The first-order chi connectivity index (χ1) is 11.4. The second-order valence-electron chi connectivity index (χ2n) is 7.56. The van der Waals surface area contributed by atoms with Gasteiger partial charge in [-0.2, -0.15) is 0 Å². The highest BCUT2D eigenvalue weighted by atomic mass is 32.2. The number of hydrogen-bond donors (Lipinski definition) is 1. The number of nitrogens with zero attached hydrogens (tertiary/aromatic N) is 1. The predicted octanol–water partition coefficient (Wildman–Crippen LogP) is 4.35. The summed E-state index contributed by atoms with van der Waals surface area (Å²) < 4.78 is 6.37. The third-order valence-corrected chi connectivity index (χ3v) is 5.99. The Morgan fingerprint density at radius 2 is 1.96 bits per heavy atom. The van der Waals surface area contributed by atoms with Gasteiger partial charge in [0.25, 0.3) is 0 Å². The number of Topliss-reactive ketones (excluding diaryl/α,β-unsaturated/α-hetero) is 1. The van der Waals surface area contributed by atoms with Gasteiger partial charge in [0, 0.05) is 43.5 Å². The zero-order valence-corrected chi connectivity index (χ0v) is 14.9. The number of thioether (sulfide) groups is 1. The van der Waals surface area contributed by atoms with E-state index in [2.05, 4.69) is 24.2 Å². The molecule has 0 aromatic heterocycles. The first-order valence-corrected chi connectivity index (χ1v) is 9.26. The molecule has 2 heterocycles. The number of rotatable bonds is 1. The van der Waals surface area contributed by atoms with E-state index in [4.69, 9.17) is 4.74 Å². The summed E-state index contributed by atoms with van der Waals surface area (Å²) in [5.74, 6) is 1.18. The third-order valence-electron chi connectivity index (χ3n) is 4.76. The van der Waals surface area contributed by atoms with E-state index < -0.39 is 0 Å². The molecule has 126 valence electrons. The number of hydrogen-bond acceptors (Lipinski definition) is 5. The van der Waals surface area contributed by atoms with Crippen molar-refractivity contribution in [3.05, 3.63) is 41.7 Å². The number of allylic oxidation sites excluding steroid dienone is 1. The van der Waals surface area contributed by atoms with E-state index in [-0.39, 0.29) is 16.1 Å². The SMILES string of the molecule is CC1(C)CC(=O)C2=C(C1)OC1(CCN=C(Nc3ccccc3)S1)C2. The lowest BCUT2D eigenvalue weighted by Gasteiger charge is -2.33. The number of ketones is 1. The van der Waals surface area contributed by atoms with Gasteiger partial charge < -0.3 is 10.1 Å². The van der Waals surface area contributed by atoms with Crippen molar-refractivity contribution in [1.82, 2.24) is 0 Å². The molecular formula is C19H22N2O2S. The average Bonchev–Trinajstić information content (AvgIpc) is 2.85. The Morgan fingerprint density at radius 1 is 1.17 bits per heavy atom. The van der Waals surface area contributed by atoms with Gasteiger partial charge in [0.1, 0.15) is 5.76 Å². The van der Waals surface area contributed by atoms with Crippen LogP contribution in [0, 0.1) is 5.41 Å². The van der Waals surface area contributed by atoms with Crippen molar-refractivity contribution in [3.8, 4) is 0 Å². The first kappa shape index (κ1) is 15.8. The maximum Gasteiger partial charge on any atom is 0.167 e. The summed E-state index contributed by atoms with van der Waals surface area (Å²) in [6, 6.07) is 10.0. The number of carbonyl (C=O) groups is 1. The molecule has 1 N–H and O–H groups in total. The van der Waals surface area contributed by atoms with Crippen molar-refractivity contribution >= 4 is 28.4 Å². The number of para-hydroxylation sites is 1. The van der Waals surface area contributed by atoms with Crippen LogP contribution in [0.15, 0.2) is 46.7 Å². The van der Waals surface area contributed by atoms with Gasteiger partial charge in [-0.15, -0.1) is 0 Å². The molecule has 1 aromatic rings. The fraction of sp³-hybridized carbons (Fsp3) is 0.474. The molecule has 4 rings (SSSR count). The molecule has 1 atom stereocenters. The molecule has 1 aliphatic carbocycles. The first-order valence-electron chi connectivity index (χ1n) is 8.45. The maximum atomic E-state index is 12.5. The van der Waals surface area contributed by atoms with Crippen molar-refractivity contribution in [2.24, 2.45) is 10.4 Å². The van der Waals surface area contributed by atoms with Gasteiger partial charge in [0.2, 0.25) is 0 Å². The quantitative estimate of drug-likeness (QED) is 0.824. The lowest BCUT2D eigenvalue weighted by Crippen LogP contribution is -2.33. The van der Waals surface area contributed by atoms with Crippen molar-refractivity contribution in [2.75, 3.05) is 11.9 Å². The zero-order chi connectivity index (χ0) is 16.8. The van der Waals surface area contributed by atoms with E-state index >= 15 is 0 Å². The fourth-order valence-corrected chi connectivity index (χ4v) is 4.85. The van der Waals surface area contributed by atoms with Crippen LogP contribution in [-0.2, 0) is 9.53 Å². The lowest BCUT2D eigenvalue weighted by molar-refractivity contribution is -0.118. The number of benzene rings is 1. The van der Waals surface area contributed by atoms with Crippen molar-refractivity contribution in [1.29, 1.82) is 0 Å². The molecule has 4 nitrogen and oxygen atoms in total. The summed E-state index contributed by atoms with van der Waals surface area (Å²) >= 11 is 1.63. The van der Waals surface area contributed by atoms with Gasteiger partial charge in [-0.25, -0.2) is 0 Å². The largest absolute Gasteiger partial charge is 0.480 e. The van der Waals surface area contributed by atoms with Crippen LogP contribution in [-0.4, -0.2) is 22.4 Å². The van der Waals surface area contributed by atoms with Gasteiger partial charge in [-0.05, 0) is 29.3 Å². The van der Waals surface area contributed by atoms with Gasteiger partial charge >= 0.3 is 0 Å². The van der Waals surface area contributed by atoms with E-state index in [1.807, 2.05) is 30.3 Å². The minimum atomic E-state index is -0.361. The summed E-state index contributed by atoms with van der Waals surface area (Å²) in [4.78, 5) is 16.7. The van der Waals surface area contributed by atoms with Crippen LogP contribution in [0.5, 0.6) is 0 Å². The number of anilines is 1. The van der Waals surface area contributed by atoms with Crippen LogP contribution in [0.3, 0.4) is 0 Å². The summed E-state index contributed by atoms with van der Waals surface area (Å²) in [5, 5.41) is 4.24. The molecule has 1 unspecified atom stereocenters. The standard InChI is InChI=1S/C19H22N2O2S/c1-18(2)11-15(22)14-10-19(23-16(14)12-18)8-9-20-17(24-19)21-13-6-4-3-5-7-13/h3-7H,8-12H2,1-2H3,(H,20,21). The van der Waals surface area contributed by atoms with Crippen LogP contribution in [0.25, 0.3) is 0 Å². The van der Waals surface area contributed by atoms with Gasteiger partial charge in [-0.3, -0.25) is 9.79 Å². The normalized spacial score (nSPS) is 28.4. The van der Waals surface area contributed by atoms with Crippen molar-refractivity contribution in [3.63, 3.8) is 0 Å². The minimum absolute atomic E-state index is 0.0000119. The van der Waals surface area contributed by atoms with Crippen molar-refractivity contribution in [2.45, 2.75) is 44.5 Å². The van der Waals surface area contributed by atoms with E-state index in [9.17, 15) is 4.79 Å². The second-order valence-corrected chi connectivity index (χ2v) is 8.90. The Balaban J connectivity index is 1.50. The molecule has 24 heavy (non-hydrogen) atoms. The second kappa shape index (κ2) is 5.66. The molecule has 0 radical (unpaired) electrons. The molecule has 0 saturated carbocycles. The number of carbonyl (C=O) groups excluding carboxylic acids is 1. The number of aliphatic imine (C=N–C) groups is 1. The molecule has 3 aliphatic rings. The third kappa shape index (κ3) is 2.97. The Bertz CT molecular complexity index is 739. The van der Waals surface area contributed by atoms with Gasteiger partial charge in [0.15, 0.2) is 15.9 Å². The van der Waals surface area contributed by atoms with E-state index in [1.54, 1.807) is 11.8 Å². The highest BCUT2D eigenvalue weighted by Gasteiger charge is 2.49. The van der Waals surface area contributed by atoms with Gasteiger partial charge in [0.05, 0.1) is 0 Å². The van der Waals surface area contributed by atoms with Gasteiger partial charge in [-0.1, -0.05) is 32.0 Å². The minimum Gasteiger partial charge on any atom is -0.480 e. The molecule has 0 fully saturated rings. The fourth-order valence-electron chi connectivity index (χ4n) is 3.62. The highest BCUT2D eigenvalue weighted by molar-refractivity contribution is 8.15. The molecule has 0 amide bonds. The van der Waals surface area contributed by atoms with Crippen molar-refractivity contribution < 1.29 is 9.53 Å². The molecule has 1 spiro atoms. The van der Waals surface area contributed by atoms with E-state index in [0.29, 0.717) is 12.8 Å². The number of amidine groups is 1. The molecule has 0 bridgehead atoms. The Kier molecular flexibility index (Phi) is 3.71. The Hall–Kier alpha value is -1.75. The number of nitrogens with one attached hydrogen (secondary N) is 1. The van der Waals surface area contributed by atoms with Crippen LogP contribution in [0.4, 0.5) is 5.69 Å². The number of ether oxygens (including phenoxy) is 1. The predicted molar refractivity (Wildman–Crippen MR) is 98.1 cm³/mol. The lowest BCUT2D eigenvalue weighted by atomic mass is 9.76. The van der Waals surface area contributed by atoms with E-state index in [0.717, 1.165) is 41.6 Å². The average molecular weight is 342 g/mol. The summed E-state index contributed by atoms with van der Waals surface area (Å²) in [5.41, 5.74) is 1.94. The van der Waals surface area contributed by atoms with Crippen LogP contribution >= 0.6 is 11.8 Å². The molecule has 5 heteroatoms.